The zero-order valence-corrected chi connectivity index (χ0v) is 17.4. The number of halogens is 2. The summed E-state index contributed by atoms with van der Waals surface area (Å²) >= 11 is 12.2. The van der Waals surface area contributed by atoms with Crippen molar-refractivity contribution < 1.29 is 14.3 Å². The number of carbonyl (C=O) groups excluding carboxylic acids is 2. The zero-order valence-electron chi connectivity index (χ0n) is 15.9. The average molecular weight is 444 g/mol. The second-order valence-electron chi connectivity index (χ2n) is 6.15. The molecule has 1 heterocycles. The SMILES string of the molecule is COc1ccc(NC(=O)C(C#N)C(=O)c2nnn(-c3ccccc3Cl)c2C)cc1Cl. The topological polar surface area (TPSA) is 110 Å². The van der Waals surface area contributed by atoms with Gasteiger partial charge in [0.05, 0.1) is 34.6 Å². The van der Waals surface area contributed by atoms with Crippen molar-refractivity contribution in [1.29, 1.82) is 5.26 Å². The number of nitrogens with one attached hydrogen (secondary N) is 1. The summed E-state index contributed by atoms with van der Waals surface area (Å²) in [5, 5.41) is 20.4. The lowest BCUT2D eigenvalue weighted by Crippen LogP contribution is -2.29. The van der Waals surface area contributed by atoms with Crippen LogP contribution in [-0.4, -0.2) is 33.8 Å². The second kappa shape index (κ2) is 8.95. The fourth-order valence-corrected chi connectivity index (χ4v) is 3.21. The molecule has 0 saturated heterocycles. The number of amides is 1. The largest absolute Gasteiger partial charge is 0.495 e. The van der Waals surface area contributed by atoms with Crippen molar-refractivity contribution in [3.63, 3.8) is 0 Å². The summed E-state index contributed by atoms with van der Waals surface area (Å²) in [7, 11) is 1.46. The molecule has 2 aromatic carbocycles. The number of ether oxygens (including phenoxy) is 1. The number of benzene rings is 2. The fraction of sp³-hybridized carbons (Fsp3) is 0.150. The van der Waals surface area contributed by atoms with E-state index in [1.54, 1.807) is 49.4 Å². The molecule has 30 heavy (non-hydrogen) atoms. The lowest BCUT2D eigenvalue weighted by molar-refractivity contribution is -0.117. The van der Waals surface area contributed by atoms with Crippen LogP contribution in [0.3, 0.4) is 0 Å². The molecule has 0 aliphatic heterocycles. The van der Waals surface area contributed by atoms with Crippen LogP contribution in [-0.2, 0) is 4.79 Å². The molecule has 0 radical (unpaired) electrons. The zero-order chi connectivity index (χ0) is 21.8. The molecule has 0 aliphatic carbocycles. The summed E-state index contributed by atoms with van der Waals surface area (Å²) in [6, 6.07) is 13.2. The van der Waals surface area contributed by atoms with Gasteiger partial charge in [0.15, 0.2) is 11.6 Å². The van der Waals surface area contributed by atoms with Crippen molar-refractivity contribution in [2.45, 2.75) is 6.92 Å². The van der Waals surface area contributed by atoms with E-state index in [1.165, 1.54) is 17.9 Å². The van der Waals surface area contributed by atoms with Crippen LogP contribution in [0.25, 0.3) is 5.69 Å². The predicted octanol–water partition coefficient (Wildman–Crippen LogP) is 3.85. The molecular formula is C20H15Cl2N5O3. The van der Waals surface area contributed by atoms with Gasteiger partial charge in [-0.25, -0.2) is 4.68 Å². The van der Waals surface area contributed by atoms with E-state index in [1.807, 2.05) is 0 Å². The highest BCUT2D eigenvalue weighted by Crippen LogP contribution is 2.28. The van der Waals surface area contributed by atoms with Crippen molar-refractivity contribution in [3.05, 3.63) is 63.9 Å². The smallest absolute Gasteiger partial charge is 0.249 e. The number of nitriles is 1. The highest BCUT2D eigenvalue weighted by atomic mass is 35.5. The van der Waals surface area contributed by atoms with Gasteiger partial charge in [0, 0.05) is 5.69 Å². The molecular weight excluding hydrogens is 429 g/mol. The summed E-state index contributed by atoms with van der Waals surface area (Å²) in [5.41, 5.74) is 1.10. The van der Waals surface area contributed by atoms with Gasteiger partial charge in [0.1, 0.15) is 5.75 Å². The molecule has 0 saturated carbocycles. The maximum absolute atomic E-state index is 12.8. The molecule has 152 valence electrons. The van der Waals surface area contributed by atoms with Crippen molar-refractivity contribution in [3.8, 4) is 17.5 Å². The Kier molecular flexibility index (Phi) is 6.35. The van der Waals surface area contributed by atoms with E-state index >= 15 is 0 Å². The first-order valence-electron chi connectivity index (χ1n) is 8.62. The average Bonchev–Trinajstić information content (AvgIpc) is 3.10. The van der Waals surface area contributed by atoms with Gasteiger partial charge >= 0.3 is 0 Å². The van der Waals surface area contributed by atoms with Crippen LogP contribution in [0.15, 0.2) is 42.5 Å². The second-order valence-corrected chi connectivity index (χ2v) is 6.97. The van der Waals surface area contributed by atoms with E-state index in [4.69, 9.17) is 27.9 Å². The molecule has 1 unspecified atom stereocenters. The number of anilines is 1. The molecule has 1 amide bonds. The third-order valence-electron chi connectivity index (χ3n) is 4.28. The number of nitrogens with zero attached hydrogens (tertiary/aromatic N) is 4. The first kappa shape index (κ1) is 21.3. The third kappa shape index (κ3) is 4.13. The van der Waals surface area contributed by atoms with Gasteiger partial charge in [0.2, 0.25) is 11.7 Å². The van der Waals surface area contributed by atoms with Crippen molar-refractivity contribution in [1.82, 2.24) is 15.0 Å². The summed E-state index contributed by atoms with van der Waals surface area (Å²) in [6.45, 7) is 1.60. The van der Waals surface area contributed by atoms with Crippen LogP contribution >= 0.6 is 23.2 Å². The minimum atomic E-state index is -1.62. The number of hydrogen-bond acceptors (Lipinski definition) is 6. The summed E-state index contributed by atoms with van der Waals surface area (Å²) < 4.78 is 6.43. The molecule has 1 aromatic heterocycles. The number of para-hydroxylation sites is 1. The number of methoxy groups -OCH3 is 1. The molecule has 1 N–H and O–H groups in total. The van der Waals surface area contributed by atoms with E-state index in [0.29, 0.717) is 27.8 Å². The van der Waals surface area contributed by atoms with Crippen LogP contribution < -0.4 is 10.1 Å². The van der Waals surface area contributed by atoms with Gasteiger partial charge in [-0.1, -0.05) is 40.5 Å². The minimum absolute atomic E-state index is 0.0932. The molecule has 0 fully saturated rings. The Morgan fingerprint density at radius 1 is 1.20 bits per heavy atom. The van der Waals surface area contributed by atoms with Crippen LogP contribution in [0.4, 0.5) is 5.69 Å². The van der Waals surface area contributed by atoms with Gasteiger partial charge in [-0.05, 0) is 37.3 Å². The molecule has 3 rings (SSSR count). The molecule has 0 aliphatic rings. The normalized spacial score (nSPS) is 11.4. The summed E-state index contributed by atoms with van der Waals surface area (Å²) in [5.74, 6) is -2.78. The van der Waals surface area contributed by atoms with E-state index in [2.05, 4.69) is 15.6 Å². The van der Waals surface area contributed by atoms with Crippen LogP contribution in [0.2, 0.25) is 10.0 Å². The van der Waals surface area contributed by atoms with E-state index in [-0.39, 0.29) is 10.7 Å². The van der Waals surface area contributed by atoms with Crippen molar-refractivity contribution in [2.75, 3.05) is 12.4 Å². The molecule has 0 bridgehead atoms. The van der Waals surface area contributed by atoms with Crippen LogP contribution in [0.1, 0.15) is 16.2 Å². The standard InChI is InChI=1S/C20H15Cl2N5O3/c1-11-18(25-26-27(11)16-6-4-3-5-14(16)21)19(28)13(10-23)20(29)24-12-7-8-17(30-2)15(22)9-12/h3-9,13H,1-2H3,(H,24,29). The minimum Gasteiger partial charge on any atom is -0.495 e. The van der Waals surface area contributed by atoms with E-state index in [9.17, 15) is 14.9 Å². The number of hydrogen-bond donors (Lipinski definition) is 1. The Morgan fingerprint density at radius 3 is 2.57 bits per heavy atom. The van der Waals surface area contributed by atoms with Gasteiger partial charge in [-0.3, -0.25) is 9.59 Å². The molecule has 0 spiro atoms. The Bertz CT molecular complexity index is 1170. The van der Waals surface area contributed by atoms with E-state index < -0.39 is 17.6 Å². The Labute approximate surface area is 182 Å². The highest BCUT2D eigenvalue weighted by molar-refractivity contribution is 6.32. The number of Topliss-reactive ketones (excluding diaryl/α,β-unsaturated/α-hetero) is 1. The van der Waals surface area contributed by atoms with Gasteiger partial charge in [-0.2, -0.15) is 5.26 Å². The van der Waals surface area contributed by atoms with E-state index in [0.717, 1.165) is 0 Å². The van der Waals surface area contributed by atoms with Crippen molar-refractivity contribution >= 4 is 40.6 Å². The summed E-state index contributed by atoms with van der Waals surface area (Å²) in [6.07, 6.45) is 0. The van der Waals surface area contributed by atoms with Crippen LogP contribution in [0.5, 0.6) is 5.75 Å². The first-order chi connectivity index (χ1) is 14.4. The number of aromatic nitrogens is 3. The maximum atomic E-state index is 12.8. The molecule has 8 nitrogen and oxygen atoms in total. The van der Waals surface area contributed by atoms with Gasteiger partial charge in [-0.15, -0.1) is 5.10 Å². The lowest BCUT2D eigenvalue weighted by Gasteiger charge is -2.11. The number of carbonyl (C=O) groups is 2. The predicted molar refractivity (Wildman–Crippen MR) is 111 cm³/mol. The monoisotopic (exact) mass is 443 g/mol. The maximum Gasteiger partial charge on any atom is 0.249 e. The van der Waals surface area contributed by atoms with Gasteiger partial charge < -0.3 is 10.1 Å². The number of rotatable bonds is 6. The van der Waals surface area contributed by atoms with Crippen molar-refractivity contribution in [2.24, 2.45) is 5.92 Å². The summed E-state index contributed by atoms with van der Waals surface area (Å²) in [4.78, 5) is 25.4. The van der Waals surface area contributed by atoms with Crippen LogP contribution in [0, 0.1) is 24.2 Å². The van der Waals surface area contributed by atoms with Gasteiger partial charge in [0.25, 0.3) is 0 Å². The lowest BCUT2D eigenvalue weighted by atomic mass is 10.0. The molecule has 1 atom stereocenters. The first-order valence-corrected chi connectivity index (χ1v) is 9.38. The number of ketones is 1. The quantitative estimate of drug-likeness (QED) is 0.457. The Morgan fingerprint density at radius 2 is 1.93 bits per heavy atom. The Hall–Kier alpha value is -3.41. The third-order valence-corrected chi connectivity index (χ3v) is 4.90. The molecule has 10 heteroatoms. The molecule has 3 aromatic rings. The fourth-order valence-electron chi connectivity index (χ4n) is 2.74. The Balaban J connectivity index is 1.85. The highest BCUT2D eigenvalue weighted by Gasteiger charge is 2.32.